The first kappa shape index (κ1) is 34.1. The Morgan fingerprint density at radius 3 is 1.17 bits per heavy atom. The normalized spacial score (nSPS) is 12.7. The van der Waals surface area contributed by atoms with E-state index in [0.29, 0.717) is 46.4 Å². The number of nitrogens with zero attached hydrogens (tertiary/aromatic N) is 3. The van der Waals surface area contributed by atoms with Gasteiger partial charge in [-0.1, -0.05) is 97.1 Å². The summed E-state index contributed by atoms with van der Waals surface area (Å²) in [6.45, 7) is -2.36. The predicted octanol–water partition coefficient (Wildman–Crippen LogP) is 3.76. The number of aromatic nitrogens is 3. The number of hydrogen-bond acceptors (Lipinski definition) is 9. The van der Waals surface area contributed by atoms with E-state index in [4.69, 9.17) is 9.47 Å². The van der Waals surface area contributed by atoms with Crippen LogP contribution in [0.3, 0.4) is 0 Å². The van der Waals surface area contributed by atoms with Gasteiger partial charge in [0.1, 0.15) is 25.4 Å². The van der Waals surface area contributed by atoms with Crippen LogP contribution < -0.4 is 17.1 Å². The van der Waals surface area contributed by atoms with Crippen LogP contribution in [-0.4, -0.2) is 61.3 Å². The summed E-state index contributed by atoms with van der Waals surface area (Å²) >= 11 is 0. The highest BCUT2D eigenvalue weighted by Gasteiger charge is 2.23. The fourth-order valence-electron chi connectivity index (χ4n) is 6.55. The molecule has 262 valence electrons. The zero-order chi connectivity index (χ0) is 36.5. The van der Waals surface area contributed by atoms with Crippen LogP contribution in [0.25, 0.3) is 43.1 Å². The summed E-state index contributed by atoms with van der Waals surface area (Å²) < 4.78 is 12.9. The van der Waals surface area contributed by atoms with Crippen LogP contribution in [0, 0.1) is 0 Å². The quantitative estimate of drug-likeness (QED) is 0.160. The molecule has 2 atom stereocenters. The molecule has 0 amide bonds. The third kappa shape index (κ3) is 6.36. The molecule has 0 aliphatic heterocycles. The molecule has 52 heavy (non-hydrogen) atoms. The maximum absolute atomic E-state index is 13.4. The lowest BCUT2D eigenvalue weighted by Gasteiger charge is -2.18. The van der Waals surface area contributed by atoms with Gasteiger partial charge < -0.3 is 19.7 Å². The SMILES string of the molecule is Cn1c(=O)n(CC(O)COC(=O)c2c3ccccc3cc3ccccc23)c(=O)n(CC(O)COC(=O)c2c3ccccc3cc3ccccc23)c1=O. The van der Waals surface area contributed by atoms with E-state index in [9.17, 15) is 34.2 Å². The fraction of sp³-hybridized carbons (Fsp3) is 0.175. The van der Waals surface area contributed by atoms with Crippen LogP contribution in [0.4, 0.5) is 0 Å². The van der Waals surface area contributed by atoms with Crippen molar-refractivity contribution in [2.24, 2.45) is 7.05 Å². The topological polar surface area (TPSA) is 159 Å². The molecular formula is C40H33N3O9. The highest BCUT2D eigenvalue weighted by molar-refractivity contribution is 6.17. The Kier molecular flexibility index (Phi) is 9.24. The second-order valence-electron chi connectivity index (χ2n) is 12.5. The maximum atomic E-state index is 13.4. The maximum Gasteiger partial charge on any atom is 0.339 e. The number of ether oxygens (including phenoxy) is 2. The molecule has 0 saturated heterocycles. The average molecular weight is 700 g/mol. The molecule has 0 spiro atoms. The van der Waals surface area contributed by atoms with E-state index in [1.807, 2.05) is 60.7 Å². The molecule has 1 heterocycles. The van der Waals surface area contributed by atoms with E-state index in [1.165, 1.54) is 0 Å². The molecular weight excluding hydrogens is 666 g/mol. The number of carbonyl (C=O) groups excluding carboxylic acids is 2. The summed E-state index contributed by atoms with van der Waals surface area (Å²) in [7, 11) is 1.15. The Hall–Kier alpha value is -6.37. The van der Waals surface area contributed by atoms with Gasteiger partial charge in [0.15, 0.2) is 0 Å². The number of fused-ring (bicyclic) bond motifs is 4. The van der Waals surface area contributed by atoms with Crippen molar-refractivity contribution >= 4 is 55.0 Å². The van der Waals surface area contributed by atoms with Crippen molar-refractivity contribution in [3.8, 4) is 0 Å². The molecule has 7 rings (SSSR count). The van der Waals surface area contributed by atoms with Crippen LogP contribution >= 0.6 is 0 Å². The molecule has 6 aromatic carbocycles. The molecule has 1 aromatic heterocycles. The molecule has 0 aliphatic carbocycles. The van der Waals surface area contributed by atoms with Crippen molar-refractivity contribution in [2.75, 3.05) is 13.2 Å². The van der Waals surface area contributed by atoms with Gasteiger partial charge in [-0.05, 0) is 55.2 Å². The molecule has 12 nitrogen and oxygen atoms in total. The smallest absolute Gasteiger partial charge is 0.339 e. The van der Waals surface area contributed by atoms with Crippen LogP contribution in [0.5, 0.6) is 0 Å². The first-order chi connectivity index (χ1) is 25.1. The second kappa shape index (κ2) is 14.1. The van der Waals surface area contributed by atoms with Gasteiger partial charge in [0.05, 0.1) is 24.2 Å². The fourth-order valence-corrected chi connectivity index (χ4v) is 6.55. The minimum absolute atomic E-state index is 0.311. The van der Waals surface area contributed by atoms with E-state index < -0.39 is 67.5 Å². The first-order valence-electron chi connectivity index (χ1n) is 16.5. The number of benzene rings is 6. The predicted molar refractivity (Wildman–Crippen MR) is 196 cm³/mol. The zero-order valence-corrected chi connectivity index (χ0v) is 28.0. The molecule has 7 aromatic rings. The van der Waals surface area contributed by atoms with E-state index in [-0.39, 0.29) is 0 Å². The molecule has 2 unspecified atom stereocenters. The Morgan fingerprint density at radius 2 is 0.846 bits per heavy atom. The lowest BCUT2D eigenvalue weighted by Crippen LogP contribution is -2.56. The minimum atomic E-state index is -1.51. The Balaban J connectivity index is 1.07. The summed E-state index contributed by atoms with van der Waals surface area (Å²) in [5.74, 6) is -1.40. The van der Waals surface area contributed by atoms with Gasteiger partial charge in [0.25, 0.3) is 0 Å². The van der Waals surface area contributed by atoms with Crippen LogP contribution in [0.2, 0.25) is 0 Å². The van der Waals surface area contributed by atoms with E-state index in [1.54, 1.807) is 48.5 Å². The highest BCUT2D eigenvalue weighted by atomic mass is 16.5. The van der Waals surface area contributed by atoms with Crippen molar-refractivity contribution < 1.29 is 29.3 Å². The summed E-state index contributed by atoms with van der Waals surface area (Å²) in [5.41, 5.74) is -2.51. The molecule has 0 saturated carbocycles. The molecule has 2 N–H and O–H groups in total. The number of rotatable bonds is 10. The van der Waals surface area contributed by atoms with E-state index >= 15 is 0 Å². The van der Waals surface area contributed by atoms with Crippen molar-refractivity contribution in [3.63, 3.8) is 0 Å². The van der Waals surface area contributed by atoms with E-state index in [2.05, 4.69) is 0 Å². The number of aliphatic hydroxyl groups is 2. The summed E-state index contributed by atoms with van der Waals surface area (Å²) in [6.07, 6.45) is -3.02. The lowest BCUT2D eigenvalue weighted by molar-refractivity contribution is 0.0193. The standard InChI is InChI=1S/C40H33N3O9/c1-41-38(48)42(20-28(44)22-51-36(46)34-30-14-6-2-10-24(30)18-25-11-3-7-15-31(25)34)40(50)43(39(41)49)21-29(45)23-52-37(47)35-32-16-8-4-12-26(32)19-27-13-5-9-17-33(27)35/h2-19,28-29,44-45H,20-23H2,1H3. The molecule has 0 radical (unpaired) electrons. The van der Waals surface area contributed by atoms with Gasteiger partial charge in [0.2, 0.25) is 0 Å². The van der Waals surface area contributed by atoms with Crippen molar-refractivity contribution in [2.45, 2.75) is 25.3 Å². The number of hydrogen-bond donors (Lipinski definition) is 2. The third-order valence-corrected chi connectivity index (χ3v) is 9.05. The van der Waals surface area contributed by atoms with Gasteiger partial charge >= 0.3 is 29.0 Å². The molecule has 12 heteroatoms. The van der Waals surface area contributed by atoms with Crippen molar-refractivity contribution in [1.82, 2.24) is 13.7 Å². The number of aliphatic hydroxyl groups excluding tert-OH is 2. The minimum Gasteiger partial charge on any atom is -0.459 e. The second-order valence-corrected chi connectivity index (χ2v) is 12.5. The first-order valence-corrected chi connectivity index (χ1v) is 16.5. The Morgan fingerprint density at radius 1 is 0.538 bits per heavy atom. The van der Waals surface area contributed by atoms with Crippen LogP contribution in [0.15, 0.2) is 124 Å². The largest absolute Gasteiger partial charge is 0.459 e. The van der Waals surface area contributed by atoms with Crippen molar-refractivity contribution in [1.29, 1.82) is 0 Å². The summed E-state index contributed by atoms with van der Waals surface area (Å²) in [5, 5.41) is 27.6. The Labute approximate surface area is 294 Å². The number of carbonyl (C=O) groups is 2. The zero-order valence-electron chi connectivity index (χ0n) is 28.0. The molecule has 0 bridgehead atoms. The van der Waals surface area contributed by atoms with Crippen LogP contribution in [-0.2, 0) is 29.6 Å². The van der Waals surface area contributed by atoms with Gasteiger partial charge in [-0.3, -0.25) is 0 Å². The molecule has 0 fully saturated rings. The lowest BCUT2D eigenvalue weighted by atomic mass is 9.97. The van der Waals surface area contributed by atoms with Gasteiger partial charge in [-0.2, -0.15) is 0 Å². The highest BCUT2D eigenvalue weighted by Crippen LogP contribution is 2.30. The van der Waals surface area contributed by atoms with Gasteiger partial charge in [0, 0.05) is 7.05 Å². The summed E-state index contributed by atoms with van der Waals surface area (Å²) in [4.78, 5) is 66.2. The van der Waals surface area contributed by atoms with Crippen LogP contribution in [0.1, 0.15) is 20.7 Å². The van der Waals surface area contributed by atoms with Gasteiger partial charge in [-0.15, -0.1) is 0 Å². The Bertz CT molecular complexity index is 2420. The monoisotopic (exact) mass is 699 g/mol. The molecule has 0 aliphatic rings. The van der Waals surface area contributed by atoms with E-state index in [0.717, 1.165) is 28.6 Å². The summed E-state index contributed by atoms with van der Waals surface area (Å²) in [6, 6.07) is 33.2. The third-order valence-electron chi connectivity index (χ3n) is 9.05. The van der Waals surface area contributed by atoms with Gasteiger partial charge in [-0.25, -0.2) is 37.7 Å². The van der Waals surface area contributed by atoms with Crippen molar-refractivity contribution in [3.05, 3.63) is 152 Å². The number of esters is 2. The average Bonchev–Trinajstić information content (AvgIpc) is 3.16.